The van der Waals surface area contributed by atoms with Crippen molar-refractivity contribution in [2.45, 2.75) is 0 Å². The highest BCUT2D eigenvalue weighted by Gasteiger charge is 2.23. The van der Waals surface area contributed by atoms with Crippen LogP contribution in [0.25, 0.3) is 94.1 Å². The molecular formula is C40H23N3O2. The van der Waals surface area contributed by atoms with Gasteiger partial charge in [0.05, 0.1) is 33.2 Å². The number of furan rings is 2. The maximum absolute atomic E-state index is 6.37. The predicted molar refractivity (Wildman–Crippen MR) is 182 cm³/mol. The summed E-state index contributed by atoms with van der Waals surface area (Å²) in [5, 5.41) is 6.44. The van der Waals surface area contributed by atoms with Gasteiger partial charge in [-0.25, -0.2) is 4.98 Å². The van der Waals surface area contributed by atoms with Gasteiger partial charge in [-0.2, -0.15) is 4.98 Å². The van der Waals surface area contributed by atoms with Crippen LogP contribution in [-0.2, 0) is 0 Å². The summed E-state index contributed by atoms with van der Waals surface area (Å²) in [5.74, 6) is 0.603. The van der Waals surface area contributed by atoms with Crippen LogP contribution in [0.2, 0.25) is 0 Å². The van der Waals surface area contributed by atoms with Crippen LogP contribution < -0.4 is 0 Å². The zero-order valence-corrected chi connectivity index (χ0v) is 23.9. The first kappa shape index (κ1) is 24.3. The summed E-state index contributed by atoms with van der Waals surface area (Å²) in [6.07, 6.45) is 0. The van der Waals surface area contributed by atoms with Gasteiger partial charge in [0.25, 0.3) is 0 Å². The first-order valence-corrected chi connectivity index (χ1v) is 15.0. The number of para-hydroxylation sites is 4. The molecule has 0 aliphatic heterocycles. The first-order valence-electron chi connectivity index (χ1n) is 15.0. The van der Waals surface area contributed by atoms with Gasteiger partial charge in [0.15, 0.2) is 5.82 Å². The third-order valence-electron chi connectivity index (χ3n) is 8.85. The lowest BCUT2D eigenvalue weighted by molar-refractivity contribution is 0.653. The van der Waals surface area contributed by atoms with Crippen molar-refractivity contribution in [1.82, 2.24) is 14.5 Å². The number of aromatic nitrogens is 3. The standard InChI is InChI=1S/C40H23N3O2/c1-2-12-24(13-3-1)37-36-29-17-7-11-21-33(29)45-40(36)42-39(41-37)27-15-5-9-19-31(27)43-30-18-8-4-14-25(30)26-22-23-34-35(38(26)43)28-16-6-10-20-32(28)44-34/h1-23H. The van der Waals surface area contributed by atoms with Gasteiger partial charge in [0.1, 0.15) is 16.7 Å². The molecule has 0 bridgehead atoms. The Bertz CT molecular complexity index is 2770. The average Bonchev–Trinajstić information content (AvgIpc) is 3.77. The van der Waals surface area contributed by atoms with Crippen molar-refractivity contribution in [2.24, 2.45) is 0 Å². The second-order valence-corrected chi connectivity index (χ2v) is 11.3. The van der Waals surface area contributed by atoms with E-state index in [1.54, 1.807) is 0 Å². The number of hydrogen-bond acceptors (Lipinski definition) is 4. The fourth-order valence-corrected chi connectivity index (χ4v) is 6.92. The third-order valence-corrected chi connectivity index (χ3v) is 8.85. The summed E-state index contributed by atoms with van der Waals surface area (Å²) in [5.41, 5.74) is 9.04. The predicted octanol–water partition coefficient (Wildman–Crippen LogP) is 10.7. The van der Waals surface area contributed by atoms with Gasteiger partial charge in [-0.05, 0) is 42.5 Å². The molecule has 6 aromatic carbocycles. The molecule has 0 unspecified atom stereocenters. The van der Waals surface area contributed by atoms with E-state index < -0.39 is 0 Å². The summed E-state index contributed by atoms with van der Waals surface area (Å²) < 4.78 is 15.1. The lowest BCUT2D eigenvalue weighted by Crippen LogP contribution is -2.01. The molecule has 0 saturated carbocycles. The molecule has 0 N–H and O–H groups in total. The Hall–Kier alpha value is -6.20. The second-order valence-electron chi connectivity index (χ2n) is 11.3. The molecule has 0 fully saturated rings. The summed E-state index contributed by atoms with van der Waals surface area (Å²) in [7, 11) is 0. The summed E-state index contributed by atoms with van der Waals surface area (Å²) in [6.45, 7) is 0. The van der Waals surface area contributed by atoms with E-state index in [4.69, 9.17) is 18.8 Å². The minimum Gasteiger partial charge on any atom is -0.456 e. The molecule has 5 heteroatoms. The average molecular weight is 578 g/mol. The van der Waals surface area contributed by atoms with E-state index in [0.717, 1.165) is 77.2 Å². The van der Waals surface area contributed by atoms with Gasteiger partial charge in [-0.15, -0.1) is 0 Å². The monoisotopic (exact) mass is 577 g/mol. The molecule has 4 heterocycles. The molecule has 0 radical (unpaired) electrons. The van der Waals surface area contributed by atoms with Gasteiger partial charge in [-0.3, -0.25) is 0 Å². The number of nitrogens with zero attached hydrogens (tertiary/aromatic N) is 3. The maximum atomic E-state index is 6.37. The fraction of sp³-hybridized carbons (Fsp3) is 0. The number of rotatable bonds is 3. The SMILES string of the molecule is c1ccc(-c2nc(-c3ccccc3-n3c4ccccc4c4ccc5oc6ccccc6c5c43)nc3oc4ccccc4c23)cc1. The van der Waals surface area contributed by atoms with Gasteiger partial charge in [0, 0.05) is 32.7 Å². The van der Waals surface area contributed by atoms with E-state index in [2.05, 4.69) is 89.5 Å². The van der Waals surface area contributed by atoms with Crippen LogP contribution in [-0.4, -0.2) is 14.5 Å². The van der Waals surface area contributed by atoms with Crippen molar-refractivity contribution in [1.29, 1.82) is 0 Å². The van der Waals surface area contributed by atoms with Crippen LogP contribution >= 0.6 is 0 Å². The molecule has 0 aliphatic carbocycles. The normalized spacial score (nSPS) is 12.0. The molecule has 0 atom stereocenters. The number of benzene rings is 6. The summed E-state index contributed by atoms with van der Waals surface area (Å²) in [6, 6.07) is 47.8. The highest BCUT2D eigenvalue weighted by atomic mass is 16.3. The Balaban J connectivity index is 1.34. The van der Waals surface area contributed by atoms with Crippen LogP contribution in [0.4, 0.5) is 0 Å². The summed E-state index contributed by atoms with van der Waals surface area (Å²) >= 11 is 0. The molecule has 45 heavy (non-hydrogen) atoms. The Morgan fingerprint density at radius 3 is 1.98 bits per heavy atom. The van der Waals surface area contributed by atoms with Crippen molar-refractivity contribution in [3.05, 3.63) is 140 Å². The van der Waals surface area contributed by atoms with E-state index >= 15 is 0 Å². The molecule has 4 aromatic heterocycles. The number of hydrogen-bond donors (Lipinski definition) is 0. The Kier molecular flexibility index (Phi) is 4.93. The molecule has 0 saturated heterocycles. The Morgan fingerprint density at radius 2 is 1.13 bits per heavy atom. The molecule has 0 aliphatic rings. The maximum Gasteiger partial charge on any atom is 0.231 e. The zero-order chi connectivity index (χ0) is 29.5. The van der Waals surface area contributed by atoms with Crippen molar-refractivity contribution in [2.75, 3.05) is 0 Å². The van der Waals surface area contributed by atoms with Crippen LogP contribution in [0.1, 0.15) is 0 Å². The zero-order valence-electron chi connectivity index (χ0n) is 23.9. The highest BCUT2D eigenvalue weighted by Crippen LogP contribution is 2.43. The molecule has 0 amide bonds. The van der Waals surface area contributed by atoms with Gasteiger partial charge >= 0.3 is 0 Å². The van der Waals surface area contributed by atoms with Gasteiger partial charge in [0.2, 0.25) is 5.71 Å². The molecule has 0 spiro atoms. The Labute approximate surface area is 256 Å². The minimum absolute atomic E-state index is 0.570. The molecule has 210 valence electrons. The van der Waals surface area contributed by atoms with Crippen molar-refractivity contribution in [3.63, 3.8) is 0 Å². The summed E-state index contributed by atoms with van der Waals surface area (Å²) in [4.78, 5) is 10.4. The van der Waals surface area contributed by atoms with E-state index in [0.29, 0.717) is 11.5 Å². The quantitative estimate of drug-likeness (QED) is 0.210. The van der Waals surface area contributed by atoms with Crippen molar-refractivity contribution < 1.29 is 8.83 Å². The van der Waals surface area contributed by atoms with Crippen LogP contribution in [0.15, 0.2) is 148 Å². The van der Waals surface area contributed by atoms with E-state index in [1.165, 1.54) is 5.39 Å². The Morgan fingerprint density at radius 1 is 0.467 bits per heavy atom. The van der Waals surface area contributed by atoms with E-state index in [1.807, 2.05) is 54.6 Å². The van der Waals surface area contributed by atoms with Gasteiger partial charge < -0.3 is 13.4 Å². The van der Waals surface area contributed by atoms with E-state index in [-0.39, 0.29) is 0 Å². The van der Waals surface area contributed by atoms with Crippen LogP contribution in [0, 0.1) is 0 Å². The largest absolute Gasteiger partial charge is 0.456 e. The van der Waals surface area contributed by atoms with Crippen LogP contribution in [0.5, 0.6) is 0 Å². The number of fused-ring (bicyclic) bond motifs is 10. The molecule has 10 rings (SSSR count). The van der Waals surface area contributed by atoms with Crippen molar-refractivity contribution >= 4 is 65.8 Å². The van der Waals surface area contributed by atoms with Crippen molar-refractivity contribution in [3.8, 4) is 28.3 Å². The lowest BCUT2D eigenvalue weighted by Gasteiger charge is -2.14. The molecule has 10 aromatic rings. The fourth-order valence-electron chi connectivity index (χ4n) is 6.92. The smallest absolute Gasteiger partial charge is 0.231 e. The first-order chi connectivity index (χ1) is 22.3. The second kappa shape index (κ2) is 9.15. The lowest BCUT2D eigenvalue weighted by atomic mass is 10.1. The van der Waals surface area contributed by atoms with E-state index in [9.17, 15) is 0 Å². The molecule has 5 nitrogen and oxygen atoms in total. The molecular weight excluding hydrogens is 554 g/mol. The van der Waals surface area contributed by atoms with Crippen LogP contribution in [0.3, 0.4) is 0 Å². The highest BCUT2D eigenvalue weighted by molar-refractivity contribution is 6.24. The van der Waals surface area contributed by atoms with Gasteiger partial charge in [-0.1, -0.05) is 97.1 Å². The topological polar surface area (TPSA) is 57.0 Å². The minimum atomic E-state index is 0.570. The third kappa shape index (κ3) is 3.43.